The zero-order valence-corrected chi connectivity index (χ0v) is 12.6. The van der Waals surface area contributed by atoms with Gasteiger partial charge in [-0.3, -0.25) is 4.79 Å². The van der Waals surface area contributed by atoms with Crippen LogP contribution >= 0.6 is 11.3 Å². The highest BCUT2D eigenvalue weighted by Crippen LogP contribution is 2.20. The monoisotopic (exact) mass is 291 g/mol. The number of carbonyl (C=O) groups is 1. The number of rotatable bonds is 3. The lowest BCUT2D eigenvalue weighted by Crippen LogP contribution is -2.30. The summed E-state index contributed by atoms with van der Waals surface area (Å²) in [7, 11) is 0. The number of fused-ring (bicyclic) bond motifs is 1. The second-order valence-electron chi connectivity index (χ2n) is 5.20. The van der Waals surface area contributed by atoms with Gasteiger partial charge in [0.25, 0.3) is 5.91 Å². The molecule has 0 aromatic carbocycles. The number of nitrogens with zero attached hydrogens (tertiary/aromatic N) is 4. The SMILES string of the molecule is Cc1nc(C)c(C(=O)NCC2Cc3nnc(C)n3C2)s1. The highest BCUT2D eigenvalue weighted by Gasteiger charge is 2.25. The van der Waals surface area contributed by atoms with Crippen molar-refractivity contribution in [3.63, 3.8) is 0 Å². The Morgan fingerprint density at radius 3 is 2.85 bits per heavy atom. The minimum atomic E-state index is -0.0208. The molecule has 0 saturated carbocycles. The van der Waals surface area contributed by atoms with Gasteiger partial charge in [0, 0.05) is 25.4 Å². The van der Waals surface area contributed by atoms with Crippen LogP contribution < -0.4 is 5.32 Å². The van der Waals surface area contributed by atoms with Crippen LogP contribution in [0.5, 0.6) is 0 Å². The maximum Gasteiger partial charge on any atom is 0.263 e. The van der Waals surface area contributed by atoms with E-state index in [4.69, 9.17) is 0 Å². The zero-order chi connectivity index (χ0) is 14.3. The highest BCUT2D eigenvalue weighted by atomic mass is 32.1. The normalized spacial score (nSPS) is 17.2. The summed E-state index contributed by atoms with van der Waals surface area (Å²) >= 11 is 1.45. The Bertz CT molecular complexity index is 660. The number of carbonyl (C=O) groups excluding carboxylic acids is 1. The molecule has 2 aromatic rings. The molecule has 20 heavy (non-hydrogen) atoms. The molecule has 1 aliphatic heterocycles. The van der Waals surface area contributed by atoms with Crippen molar-refractivity contribution in [3.8, 4) is 0 Å². The van der Waals surface area contributed by atoms with Crippen molar-refractivity contribution in [2.24, 2.45) is 5.92 Å². The van der Waals surface area contributed by atoms with Gasteiger partial charge in [-0.2, -0.15) is 0 Å². The summed E-state index contributed by atoms with van der Waals surface area (Å²) in [5.41, 5.74) is 0.810. The fourth-order valence-electron chi connectivity index (χ4n) is 2.59. The average molecular weight is 291 g/mol. The Morgan fingerprint density at radius 2 is 2.20 bits per heavy atom. The molecule has 106 valence electrons. The van der Waals surface area contributed by atoms with Crippen LogP contribution in [-0.4, -0.2) is 32.2 Å². The van der Waals surface area contributed by atoms with Gasteiger partial charge in [-0.1, -0.05) is 0 Å². The lowest BCUT2D eigenvalue weighted by molar-refractivity contribution is 0.0950. The van der Waals surface area contributed by atoms with E-state index < -0.39 is 0 Å². The molecule has 3 heterocycles. The van der Waals surface area contributed by atoms with Crippen molar-refractivity contribution >= 4 is 17.2 Å². The molecule has 0 aliphatic carbocycles. The number of hydrogen-bond acceptors (Lipinski definition) is 5. The van der Waals surface area contributed by atoms with E-state index in [1.165, 1.54) is 11.3 Å². The van der Waals surface area contributed by atoms with Gasteiger partial charge < -0.3 is 9.88 Å². The van der Waals surface area contributed by atoms with Crippen molar-refractivity contribution < 1.29 is 4.79 Å². The Hall–Kier alpha value is -1.76. The van der Waals surface area contributed by atoms with Crippen LogP contribution in [0, 0.1) is 26.7 Å². The Kier molecular flexibility index (Phi) is 3.29. The van der Waals surface area contributed by atoms with Crippen LogP contribution in [0.1, 0.15) is 32.0 Å². The van der Waals surface area contributed by atoms with Gasteiger partial charge in [-0.25, -0.2) is 4.98 Å². The smallest absolute Gasteiger partial charge is 0.263 e. The molecule has 0 fully saturated rings. The van der Waals surface area contributed by atoms with Crippen LogP contribution in [0.3, 0.4) is 0 Å². The number of nitrogens with one attached hydrogen (secondary N) is 1. The first-order chi connectivity index (χ1) is 9.54. The zero-order valence-electron chi connectivity index (χ0n) is 11.8. The van der Waals surface area contributed by atoms with Crippen LogP contribution in [0.15, 0.2) is 0 Å². The Morgan fingerprint density at radius 1 is 1.40 bits per heavy atom. The molecule has 1 unspecified atom stereocenters. The van der Waals surface area contributed by atoms with E-state index in [1.54, 1.807) is 0 Å². The lowest BCUT2D eigenvalue weighted by Gasteiger charge is -2.10. The molecule has 1 aliphatic rings. The van der Waals surface area contributed by atoms with Crippen molar-refractivity contribution in [3.05, 3.63) is 27.2 Å². The first-order valence-corrected chi connectivity index (χ1v) is 7.47. The molecule has 0 radical (unpaired) electrons. The first kappa shape index (κ1) is 13.2. The van der Waals surface area contributed by atoms with E-state index in [9.17, 15) is 4.79 Å². The number of aromatic nitrogens is 4. The molecule has 1 amide bonds. The van der Waals surface area contributed by atoms with E-state index in [1.807, 2.05) is 20.8 Å². The molecule has 7 heteroatoms. The van der Waals surface area contributed by atoms with Crippen molar-refractivity contribution in [2.75, 3.05) is 6.54 Å². The molecule has 3 rings (SSSR count). The van der Waals surface area contributed by atoms with Gasteiger partial charge >= 0.3 is 0 Å². The second-order valence-corrected chi connectivity index (χ2v) is 6.40. The quantitative estimate of drug-likeness (QED) is 0.924. The second kappa shape index (κ2) is 4.97. The molecule has 0 saturated heterocycles. The maximum absolute atomic E-state index is 12.1. The molecular formula is C13H17N5OS. The van der Waals surface area contributed by atoms with E-state index >= 15 is 0 Å². The van der Waals surface area contributed by atoms with Crippen LogP contribution in [0.2, 0.25) is 0 Å². The third-order valence-corrected chi connectivity index (χ3v) is 4.66. The summed E-state index contributed by atoms with van der Waals surface area (Å²) in [6.45, 7) is 7.30. The lowest BCUT2D eigenvalue weighted by atomic mass is 10.1. The van der Waals surface area contributed by atoms with Crippen LogP contribution in [-0.2, 0) is 13.0 Å². The predicted molar refractivity (Wildman–Crippen MR) is 75.9 cm³/mol. The Labute approximate surface area is 121 Å². The summed E-state index contributed by atoms with van der Waals surface area (Å²) in [6, 6.07) is 0. The van der Waals surface area contributed by atoms with Gasteiger partial charge in [0.2, 0.25) is 0 Å². The van der Waals surface area contributed by atoms with Gasteiger partial charge in [0.15, 0.2) is 0 Å². The number of thiazole rings is 1. The van der Waals surface area contributed by atoms with Gasteiger partial charge in [0.05, 0.1) is 10.7 Å². The fraction of sp³-hybridized carbons (Fsp3) is 0.538. The van der Waals surface area contributed by atoms with E-state index in [2.05, 4.69) is 25.1 Å². The standard InChI is InChI=1S/C13H17N5OS/c1-7-12(20-9(3)15-7)13(19)14-5-10-4-11-17-16-8(2)18(11)6-10/h10H,4-6H2,1-3H3,(H,14,19). The molecule has 2 aromatic heterocycles. The minimum Gasteiger partial charge on any atom is -0.351 e. The molecule has 1 N–H and O–H groups in total. The molecule has 1 atom stereocenters. The largest absolute Gasteiger partial charge is 0.351 e. The number of aryl methyl sites for hydroxylation is 3. The molecule has 6 nitrogen and oxygen atoms in total. The molecular weight excluding hydrogens is 274 g/mol. The maximum atomic E-state index is 12.1. The summed E-state index contributed by atoms with van der Waals surface area (Å²) < 4.78 is 2.12. The third kappa shape index (κ3) is 2.33. The van der Waals surface area contributed by atoms with Crippen molar-refractivity contribution in [1.82, 2.24) is 25.1 Å². The Balaban J connectivity index is 1.59. The van der Waals surface area contributed by atoms with Crippen molar-refractivity contribution in [1.29, 1.82) is 0 Å². The molecule has 0 spiro atoms. The third-order valence-electron chi connectivity index (χ3n) is 3.59. The minimum absolute atomic E-state index is 0.0208. The van der Waals surface area contributed by atoms with E-state index in [-0.39, 0.29) is 5.91 Å². The topological polar surface area (TPSA) is 72.7 Å². The van der Waals surface area contributed by atoms with Gasteiger partial charge in [-0.05, 0) is 20.8 Å². The summed E-state index contributed by atoms with van der Waals surface area (Å²) in [5.74, 6) is 2.35. The van der Waals surface area contributed by atoms with Crippen molar-refractivity contribution in [2.45, 2.75) is 33.7 Å². The average Bonchev–Trinajstić information content (AvgIpc) is 3.04. The van der Waals surface area contributed by atoms with Gasteiger partial charge in [-0.15, -0.1) is 21.5 Å². The number of amides is 1. The molecule has 0 bridgehead atoms. The number of hydrogen-bond donors (Lipinski definition) is 1. The predicted octanol–water partition coefficient (Wildman–Crippen LogP) is 1.26. The van der Waals surface area contributed by atoms with Crippen LogP contribution in [0.4, 0.5) is 0 Å². The summed E-state index contributed by atoms with van der Waals surface area (Å²) in [4.78, 5) is 17.1. The highest BCUT2D eigenvalue weighted by molar-refractivity contribution is 7.13. The van der Waals surface area contributed by atoms with Crippen LogP contribution in [0.25, 0.3) is 0 Å². The summed E-state index contributed by atoms with van der Waals surface area (Å²) in [6.07, 6.45) is 0.877. The first-order valence-electron chi connectivity index (χ1n) is 6.65. The van der Waals surface area contributed by atoms with E-state index in [0.717, 1.165) is 40.2 Å². The van der Waals surface area contributed by atoms with Gasteiger partial charge in [0.1, 0.15) is 16.5 Å². The summed E-state index contributed by atoms with van der Waals surface area (Å²) in [5, 5.41) is 12.1. The van der Waals surface area contributed by atoms with E-state index in [0.29, 0.717) is 12.5 Å². The fourth-order valence-corrected chi connectivity index (χ4v) is 3.43.